The van der Waals surface area contributed by atoms with E-state index in [4.69, 9.17) is 24.4 Å². The molecular weight excluding hydrogens is 653 g/mol. The SMILES string of the molecule is CC1(C)c2ccccc2-c2ccc3c(c21)c1ncncc1n3-c1ccc2oc3cccc(-c4nc(-c5ccccc5)nc(-c5ccccc5)n4)c3c2c1. The Morgan fingerprint density at radius 2 is 1.26 bits per heavy atom. The van der Waals surface area contributed by atoms with E-state index in [1.807, 2.05) is 79.0 Å². The third-order valence-corrected chi connectivity index (χ3v) is 10.8. The summed E-state index contributed by atoms with van der Waals surface area (Å²) in [5.41, 5.74) is 13.2. The highest BCUT2D eigenvalue weighted by Crippen LogP contribution is 2.53. The molecular formula is C46H30N6O. The maximum Gasteiger partial charge on any atom is 0.164 e. The Hall–Kier alpha value is -6.99. The second kappa shape index (κ2) is 11.0. The van der Waals surface area contributed by atoms with Gasteiger partial charge in [-0.2, -0.15) is 0 Å². The van der Waals surface area contributed by atoms with Crippen molar-refractivity contribution in [3.63, 3.8) is 0 Å². The Morgan fingerprint density at radius 3 is 2.04 bits per heavy atom. The summed E-state index contributed by atoms with van der Waals surface area (Å²) >= 11 is 0. The molecule has 0 N–H and O–H groups in total. The third kappa shape index (κ3) is 4.31. The molecule has 0 aliphatic heterocycles. The third-order valence-electron chi connectivity index (χ3n) is 10.8. The van der Waals surface area contributed by atoms with Gasteiger partial charge in [-0.25, -0.2) is 24.9 Å². The van der Waals surface area contributed by atoms with Gasteiger partial charge >= 0.3 is 0 Å². The van der Waals surface area contributed by atoms with Gasteiger partial charge < -0.3 is 8.98 Å². The van der Waals surface area contributed by atoms with Crippen molar-refractivity contribution in [1.29, 1.82) is 0 Å². The molecule has 0 saturated carbocycles. The summed E-state index contributed by atoms with van der Waals surface area (Å²) in [6.45, 7) is 4.64. The summed E-state index contributed by atoms with van der Waals surface area (Å²) in [4.78, 5) is 24.5. The first-order chi connectivity index (χ1) is 26.0. The van der Waals surface area contributed by atoms with Crippen LogP contribution in [0.4, 0.5) is 0 Å². The lowest BCUT2D eigenvalue weighted by molar-refractivity contribution is 0.666. The molecule has 7 heteroatoms. The smallest absolute Gasteiger partial charge is 0.164 e. The van der Waals surface area contributed by atoms with Crippen molar-refractivity contribution >= 4 is 43.9 Å². The average Bonchev–Trinajstić information content (AvgIpc) is 3.83. The van der Waals surface area contributed by atoms with Crippen LogP contribution in [-0.4, -0.2) is 29.5 Å². The van der Waals surface area contributed by atoms with Crippen molar-refractivity contribution in [3.8, 4) is 51.0 Å². The van der Waals surface area contributed by atoms with Crippen LogP contribution in [0.1, 0.15) is 25.0 Å². The van der Waals surface area contributed by atoms with Crippen molar-refractivity contribution in [2.45, 2.75) is 19.3 Å². The Bertz CT molecular complexity index is 3030. The van der Waals surface area contributed by atoms with E-state index in [1.54, 1.807) is 6.33 Å². The van der Waals surface area contributed by atoms with Gasteiger partial charge in [0.25, 0.3) is 0 Å². The molecule has 0 bridgehead atoms. The summed E-state index contributed by atoms with van der Waals surface area (Å²) in [5.74, 6) is 1.81. The predicted molar refractivity (Wildman–Crippen MR) is 211 cm³/mol. The molecule has 6 aromatic carbocycles. The van der Waals surface area contributed by atoms with Crippen molar-refractivity contribution in [2.75, 3.05) is 0 Å². The number of fused-ring (bicyclic) bond motifs is 10. The van der Waals surface area contributed by atoms with Gasteiger partial charge in [0.05, 0.1) is 17.2 Å². The van der Waals surface area contributed by atoms with Gasteiger partial charge in [-0.1, -0.05) is 117 Å². The van der Waals surface area contributed by atoms with E-state index in [2.05, 4.69) is 84.1 Å². The molecule has 53 heavy (non-hydrogen) atoms. The minimum absolute atomic E-state index is 0.198. The van der Waals surface area contributed by atoms with Crippen molar-refractivity contribution in [3.05, 3.63) is 157 Å². The molecule has 0 amide bonds. The van der Waals surface area contributed by atoms with Crippen LogP contribution in [0, 0.1) is 0 Å². The first-order valence-electron chi connectivity index (χ1n) is 17.7. The molecule has 0 spiro atoms. The zero-order valence-electron chi connectivity index (χ0n) is 28.9. The van der Waals surface area contributed by atoms with Crippen molar-refractivity contribution in [1.82, 2.24) is 29.5 Å². The van der Waals surface area contributed by atoms with Crippen LogP contribution in [0.3, 0.4) is 0 Å². The lowest BCUT2D eigenvalue weighted by atomic mass is 9.81. The highest BCUT2D eigenvalue weighted by atomic mass is 16.3. The molecule has 10 aromatic rings. The number of benzene rings is 6. The Morgan fingerprint density at radius 1 is 0.566 bits per heavy atom. The fraction of sp³-hybridized carbons (Fsp3) is 0.0652. The normalized spacial score (nSPS) is 13.2. The van der Waals surface area contributed by atoms with E-state index in [0.29, 0.717) is 17.5 Å². The Labute approximate surface area is 304 Å². The number of hydrogen-bond donors (Lipinski definition) is 0. The van der Waals surface area contributed by atoms with Gasteiger partial charge in [-0.15, -0.1) is 0 Å². The van der Waals surface area contributed by atoms with Crippen molar-refractivity contribution in [2.24, 2.45) is 0 Å². The van der Waals surface area contributed by atoms with Crippen LogP contribution in [0.25, 0.3) is 94.9 Å². The van der Waals surface area contributed by atoms with E-state index in [1.165, 1.54) is 22.3 Å². The molecule has 11 rings (SSSR count). The molecule has 1 aliphatic carbocycles. The summed E-state index contributed by atoms with van der Waals surface area (Å²) < 4.78 is 8.80. The first kappa shape index (κ1) is 29.7. The lowest BCUT2D eigenvalue weighted by Gasteiger charge is -2.22. The minimum Gasteiger partial charge on any atom is -0.456 e. The fourth-order valence-corrected chi connectivity index (χ4v) is 8.44. The summed E-state index contributed by atoms with van der Waals surface area (Å²) in [7, 11) is 0. The maximum atomic E-state index is 6.51. The predicted octanol–water partition coefficient (Wildman–Crippen LogP) is 11.0. The molecule has 4 heterocycles. The van der Waals surface area contributed by atoms with Gasteiger partial charge in [0, 0.05) is 44.0 Å². The monoisotopic (exact) mass is 682 g/mol. The van der Waals surface area contributed by atoms with Gasteiger partial charge in [-0.3, -0.25) is 0 Å². The van der Waals surface area contributed by atoms with Crippen LogP contribution in [0.15, 0.2) is 150 Å². The van der Waals surface area contributed by atoms with Gasteiger partial charge in [0.1, 0.15) is 23.0 Å². The number of furan rings is 1. The zero-order valence-corrected chi connectivity index (χ0v) is 28.9. The lowest BCUT2D eigenvalue weighted by Crippen LogP contribution is -2.15. The van der Waals surface area contributed by atoms with E-state index >= 15 is 0 Å². The molecule has 250 valence electrons. The standard InChI is InChI=1S/C46H30N6O/c1-46(2)34-18-10-9-16-30(34)31-21-22-35-40(41(31)46)42-36(25-47-26-48-42)52(35)29-20-23-37-33(24-29)39-32(17-11-19-38(39)53-37)45-50-43(27-12-5-3-6-13-27)49-44(51-45)28-14-7-4-8-15-28/h3-26H,1-2H3. The van der Waals surface area contributed by atoms with E-state index < -0.39 is 0 Å². The molecule has 0 radical (unpaired) electrons. The number of nitrogens with zero attached hydrogens (tertiary/aromatic N) is 6. The van der Waals surface area contributed by atoms with Crippen LogP contribution in [-0.2, 0) is 5.41 Å². The largest absolute Gasteiger partial charge is 0.456 e. The van der Waals surface area contributed by atoms with E-state index in [0.717, 1.165) is 66.3 Å². The maximum absolute atomic E-state index is 6.51. The van der Waals surface area contributed by atoms with Crippen molar-refractivity contribution < 1.29 is 4.42 Å². The Balaban J connectivity index is 1.16. The molecule has 4 aromatic heterocycles. The topological polar surface area (TPSA) is 82.5 Å². The van der Waals surface area contributed by atoms with Crippen LogP contribution in [0.2, 0.25) is 0 Å². The molecule has 0 atom stereocenters. The van der Waals surface area contributed by atoms with Crippen LogP contribution in [0.5, 0.6) is 0 Å². The first-order valence-corrected chi connectivity index (χ1v) is 17.7. The second-order valence-electron chi connectivity index (χ2n) is 14.1. The van der Waals surface area contributed by atoms with Crippen LogP contribution < -0.4 is 0 Å². The second-order valence-corrected chi connectivity index (χ2v) is 14.1. The molecule has 7 nitrogen and oxygen atoms in total. The summed E-state index contributed by atoms with van der Waals surface area (Å²) in [6, 6.07) is 45.8. The highest BCUT2D eigenvalue weighted by molar-refractivity contribution is 6.15. The van der Waals surface area contributed by atoms with E-state index in [-0.39, 0.29) is 5.41 Å². The average molecular weight is 683 g/mol. The molecule has 0 unspecified atom stereocenters. The molecule has 1 aliphatic rings. The quantitative estimate of drug-likeness (QED) is 0.184. The summed E-state index contributed by atoms with van der Waals surface area (Å²) in [5, 5.41) is 3.07. The number of aromatic nitrogens is 6. The zero-order chi connectivity index (χ0) is 35.3. The molecule has 0 fully saturated rings. The van der Waals surface area contributed by atoms with Gasteiger partial charge in [0.2, 0.25) is 0 Å². The van der Waals surface area contributed by atoms with Crippen LogP contribution >= 0.6 is 0 Å². The van der Waals surface area contributed by atoms with Gasteiger partial charge in [0.15, 0.2) is 17.5 Å². The van der Waals surface area contributed by atoms with E-state index in [9.17, 15) is 0 Å². The minimum atomic E-state index is -0.198. The Kier molecular flexibility index (Phi) is 6.17. The number of rotatable bonds is 4. The highest BCUT2D eigenvalue weighted by Gasteiger charge is 2.38. The molecule has 0 saturated heterocycles. The summed E-state index contributed by atoms with van der Waals surface area (Å²) in [6.07, 6.45) is 3.58. The fourth-order valence-electron chi connectivity index (χ4n) is 8.44. The number of hydrogen-bond acceptors (Lipinski definition) is 6. The van der Waals surface area contributed by atoms with Gasteiger partial charge in [-0.05, 0) is 52.6 Å².